The summed E-state index contributed by atoms with van der Waals surface area (Å²) in [5.74, 6) is -2.32. The fraction of sp³-hybridized carbons (Fsp3) is 0.459. The van der Waals surface area contributed by atoms with Gasteiger partial charge in [0.15, 0.2) is 0 Å². The standard InChI is InChI=1S/C37H47N5O14/c1-25(2)34(40-31(43)14-16-51-18-20-53-22-23-54-21-19-52-17-15-41-32(44)12-13-33(41)45)36(47)38-26(3)35(46)39-28-6-4-27(5-7-28)24-55-37(48)56-30-10-8-29(9-11-30)42(49)50/h4-13,25-26,34H,14-24H2,1-3H3,(H,38,47)(H,39,46)(H,40,43)/t26-,34-/m0/s1. The van der Waals surface area contributed by atoms with E-state index in [1.807, 2.05) is 0 Å². The number of anilines is 1. The number of nitrogens with one attached hydrogen (secondary N) is 3. The second-order valence-electron chi connectivity index (χ2n) is 12.5. The van der Waals surface area contributed by atoms with Gasteiger partial charge in [-0.1, -0.05) is 26.0 Å². The Hall–Kier alpha value is -5.76. The van der Waals surface area contributed by atoms with Crippen LogP contribution in [-0.4, -0.2) is 117 Å². The third-order valence-electron chi connectivity index (χ3n) is 7.79. The maximum atomic E-state index is 13.0. The highest BCUT2D eigenvalue weighted by Gasteiger charge is 2.27. The molecule has 0 saturated carbocycles. The number of hydrogen-bond donors (Lipinski definition) is 3. The van der Waals surface area contributed by atoms with Gasteiger partial charge >= 0.3 is 6.16 Å². The van der Waals surface area contributed by atoms with Gasteiger partial charge in [0.05, 0.1) is 64.3 Å². The van der Waals surface area contributed by atoms with Crippen LogP contribution in [0.2, 0.25) is 0 Å². The van der Waals surface area contributed by atoms with E-state index < -0.39 is 40.9 Å². The molecule has 5 amide bonds. The lowest BCUT2D eigenvalue weighted by Gasteiger charge is -2.24. The van der Waals surface area contributed by atoms with E-state index in [-0.39, 0.29) is 75.2 Å². The molecule has 0 unspecified atom stereocenters. The van der Waals surface area contributed by atoms with E-state index in [0.29, 0.717) is 37.7 Å². The van der Waals surface area contributed by atoms with Gasteiger partial charge in [0, 0.05) is 36.4 Å². The van der Waals surface area contributed by atoms with Gasteiger partial charge in [0.2, 0.25) is 17.7 Å². The zero-order valence-electron chi connectivity index (χ0n) is 31.4. The maximum Gasteiger partial charge on any atom is 0.514 e. The van der Waals surface area contributed by atoms with Crippen molar-refractivity contribution in [3.8, 4) is 5.75 Å². The quantitative estimate of drug-likeness (QED) is 0.0327. The molecule has 19 nitrogen and oxygen atoms in total. The fourth-order valence-corrected chi connectivity index (χ4v) is 4.72. The van der Waals surface area contributed by atoms with Gasteiger partial charge in [0.1, 0.15) is 24.4 Å². The molecular formula is C37H47N5O14. The first kappa shape index (κ1) is 44.6. The second kappa shape index (κ2) is 23.9. The average molecular weight is 786 g/mol. The monoisotopic (exact) mass is 785 g/mol. The number of nitro benzene ring substituents is 1. The van der Waals surface area contributed by atoms with E-state index in [2.05, 4.69) is 16.0 Å². The number of rotatable bonds is 25. The van der Waals surface area contributed by atoms with Crippen molar-refractivity contribution >= 4 is 47.1 Å². The number of benzene rings is 2. The highest BCUT2D eigenvalue weighted by Crippen LogP contribution is 2.18. The van der Waals surface area contributed by atoms with Crippen LogP contribution in [-0.2, 0) is 54.3 Å². The molecule has 3 N–H and O–H groups in total. The van der Waals surface area contributed by atoms with Gasteiger partial charge in [-0.15, -0.1) is 0 Å². The number of nitrogens with zero attached hydrogens (tertiary/aromatic N) is 2. The minimum Gasteiger partial charge on any atom is -0.429 e. The Balaban J connectivity index is 1.23. The zero-order valence-corrected chi connectivity index (χ0v) is 31.4. The smallest absolute Gasteiger partial charge is 0.429 e. The number of hydrogen-bond acceptors (Lipinski definition) is 14. The summed E-state index contributed by atoms with van der Waals surface area (Å²) in [5.41, 5.74) is 0.859. The molecule has 304 valence electrons. The van der Waals surface area contributed by atoms with Crippen molar-refractivity contribution in [2.75, 3.05) is 64.7 Å². The normalized spacial score (nSPS) is 13.3. The first-order valence-corrected chi connectivity index (χ1v) is 17.8. The summed E-state index contributed by atoms with van der Waals surface area (Å²) in [4.78, 5) is 84.5. The van der Waals surface area contributed by atoms with E-state index in [1.165, 1.54) is 43.3 Å². The molecule has 1 aliphatic rings. The Labute approximate surface area is 323 Å². The average Bonchev–Trinajstić information content (AvgIpc) is 3.49. The van der Waals surface area contributed by atoms with Crippen molar-refractivity contribution < 1.29 is 62.1 Å². The van der Waals surface area contributed by atoms with Crippen molar-refractivity contribution in [2.24, 2.45) is 5.92 Å². The largest absolute Gasteiger partial charge is 0.514 e. The molecule has 0 aliphatic carbocycles. The van der Waals surface area contributed by atoms with Crippen molar-refractivity contribution in [1.29, 1.82) is 0 Å². The van der Waals surface area contributed by atoms with Gasteiger partial charge in [-0.05, 0) is 42.7 Å². The highest BCUT2D eigenvalue weighted by molar-refractivity contribution is 6.12. The molecule has 19 heteroatoms. The highest BCUT2D eigenvalue weighted by atomic mass is 16.7. The van der Waals surface area contributed by atoms with Crippen LogP contribution in [0.3, 0.4) is 0 Å². The first-order chi connectivity index (χ1) is 26.8. The summed E-state index contributed by atoms with van der Waals surface area (Å²) in [6.07, 6.45) is 1.45. The number of carbonyl (C=O) groups excluding carboxylic acids is 6. The molecule has 1 aliphatic heterocycles. The van der Waals surface area contributed by atoms with Crippen molar-refractivity contribution in [3.05, 3.63) is 76.4 Å². The van der Waals surface area contributed by atoms with E-state index in [0.717, 1.165) is 4.90 Å². The SMILES string of the molecule is CC(C)[C@H](NC(=O)CCOCCOCCOCCOCCN1C(=O)C=CC1=O)C(=O)N[C@@H](C)C(=O)Nc1ccc(COC(=O)Oc2ccc([N+](=O)[O-])cc2)cc1. The molecule has 56 heavy (non-hydrogen) atoms. The molecule has 3 rings (SSSR count). The van der Waals surface area contributed by atoms with Crippen molar-refractivity contribution in [1.82, 2.24) is 15.5 Å². The summed E-state index contributed by atoms with van der Waals surface area (Å²) in [6, 6.07) is 9.49. The molecule has 2 atom stereocenters. The van der Waals surface area contributed by atoms with Crippen LogP contribution in [0, 0.1) is 16.0 Å². The number of ether oxygens (including phenoxy) is 6. The number of carbonyl (C=O) groups is 6. The lowest BCUT2D eigenvalue weighted by Crippen LogP contribution is -2.53. The van der Waals surface area contributed by atoms with E-state index >= 15 is 0 Å². The lowest BCUT2D eigenvalue weighted by atomic mass is 10.0. The van der Waals surface area contributed by atoms with Crippen LogP contribution in [0.15, 0.2) is 60.7 Å². The predicted molar refractivity (Wildman–Crippen MR) is 197 cm³/mol. The van der Waals surface area contributed by atoms with Gasteiger partial charge in [-0.3, -0.25) is 39.0 Å². The maximum absolute atomic E-state index is 13.0. The second-order valence-corrected chi connectivity index (χ2v) is 12.5. The number of non-ortho nitro benzene ring substituents is 1. The van der Waals surface area contributed by atoms with Crippen LogP contribution >= 0.6 is 0 Å². The van der Waals surface area contributed by atoms with Crippen LogP contribution in [0.1, 0.15) is 32.8 Å². The predicted octanol–water partition coefficient (Wildman–Crippen LogP) is 2.28. The molecule has 0 aromatic heterocycles. The summed E-state index contributed by atoms with van der Waals surface area (Å²) in [7, 11) is 0. The van der Waals surface area contributed by atoms with Gasteiger partial charge in [-0.2, -0.15) is 0 Å². The molecule has 0 bridgehead atoms. The molecule has 0 spiro atoms. The van der Waals surface area contributed by atoms with Crippen LogP contribution in [0.25, 0.3) is 0 Å². The summed E-state index contributed by atoms with van der Waals surface area (Å²) < 4.78 is 31.7. The Morgan fingerprint density at radius 2 is 1.29 bits per heavy atom. The van der Waals surface area contributed by atoms with Crippen LogP contribution < -0.4 is 20.7 Å². The van der Waals surface area contributed by atoms with E-state index in [9.17, 15) is 38.9 Å². The Bertz CT molecular complexity index is 1650. The molecular weight excluding hydrogens is 738 g/mol. The minimum atomic E-state index is -1.00. The van der Waals surface area contributed by atoms with Crippen LogP contribution in [0.5, 0.6) is 5.75 Å². The van der Waals surface area contributed by atoms with Gasteiger partial charge in [-0.25, -0.2) is 4.79 Å². The number of imide groups is 1. The lowest BCUT2D eigenvalue weighted by molar-refractivity contribution is -0.384. The molecule has 0 radical (unpaired) electrons. The van der Waals surface area contributed by atoms with Crippen molar-refractivity contribution in [3.63, 3.8) is 0 Å². The van der Waals surface area contributed by atoms with Gasteiger partial charge < -0.3 is 44.4 Å². The Morgan fingerprint density at radius 1 is 0.732 bits per heavy atom. The molecule has 1 heterocycles. The van der Waals surface area contributed by atoms with E-state index in [1.54, 1.807) is 38.1 Å². The van der Waals surface area contributed by atoms with Crippen LogP contribution in [0.4, 0.5) is 16.2 Å². The van der Waals surface area contributed by atoms with E-state index in [4.69, 9.17) is 28.4 Å². The zero-order chi connectivity index (χ0) is 40.9. The molecule has 2 aromatic carbocycles. The fourth-order valence-electron chi connectivity index (χ4n) is 4.72. The first-order valence-electron chi connectivity index (χ1n) is 17.8. The molecule has 2 aromatic rings. The summed E-state index contributed by atoms with van der Waals surface area (Å²) in [6.45, 7) is 7.23. The molecule has 0 fully saturated rings. The summed E-state index contributed by atoms with van der Waals surface area (Å²) >= 11 is 0. The number of nitro groups is 1. The summed E-state index contributed by atoms with van der Waals surface area (Å²) in [5, 5.41) is 18.8. The van der Waals surface area contributed by atoms with Crippen molar-refractivity contribution in [2.45, 2.75) is 45.9 Å². The third kappa shape index (κ3) is 16.3. The third-order valence-corrected chi connectivity index (χ3v) is 7.79. The molecule has 0 saturated heterocycles. The Kier molecular flexibility index (Phi) is 19.1. The van der Waals surface area contributed by atoms with Gasteiger partial charge in [0.25, 0.3) is 17.5 Å². The topological polar surface area (TPSA) is 240 Å². The number of amides is 5. The Morgan fingerprint density at radius 3 is 1.84 bits per heavy atom. The minimum absolute atomic E-state index is 0.00818.